The van der Waals surface area contributed by atoms with Crippen LogP contribution >= 0.6 is 31.9 Å². The normalized spacial score (nSPS) is 48.8. The first-order valence-corrected chi connectivity index (χ1v) is 8.05. The van der Waals surface area contributed by atoms with Gasteiger partial charge in [0, 0.05) is 9.65 Å². The highest BCUT2D eigenvalue weighted by molar-refractivity contribution is 9.12. The maximum absolute atomic E-state index is 11.6. The Kier molecular flexibility index (Phi) is 2.80. The van der Waals surface area contributed by atoms with Gasteiger partial charge in [-0.25, -0.2) is 8.42 Å². The molecule has 0 aromatic heterocycles. The number of sulfone groups is 1. The van der Waals surface area contributed by atoms with Crippen molar-refractivity contribution in [3.05, 3.63) is 0 Å². The van der Waals surface area contributed by atoms with Gasteiger partial charge in [0.05, 0.1) is 11.0 Å². The molecular weight excluding hydrogens is 320 g/mol. The van der Waals surface area contributed by atoms with Crippen LogP contribution in [0.15, 0.2) is 0 Å². The Labute approximate surface area is 95.6 Å². The molecule has 5 heteroatoms. The van der Waals surface area contributed by atoms with Gasteiger partial charge >= 0.3 is 0 Å². The summed E-state index contributed by atoms with van der Waals surface area (Å²) in [4.78, 5) is 0.767. The first-order valence-electron chi connectivity index (χ1n) is 4.50. The predicted molar refractivity (Wildman–Crippen MR) is 60.3 cm³/mol. The molecule has 13 heavy (non-hydrogen) atoms. The predicted octanol–water partition coefficient (Wildman–Crippen LogP) is 2.11. The summed E-state index contributed by atoms with van der Waals surface area (Å²) in [5.41, 5.74) is 0. The van der Waals surface area contributed by atoms with Crippen LogP contribution in [0.4, 0.5) is 0 Å². The lowest BCUT2D eigenvalue weighted by molar-refractivity contribution is 0.392. The van der Waals surface area contributed by atoms with Crippen LogP contribution in [-0.2, 0) is 9.84 Å². The van der Waals surface area contributed by atoms with Crippen LogP contribution in [0.1, 0.15) is 19.3 Å². The number of rotatable bonds is 0. The van der Waals surface area contributed by atoms with E-state index in [2.05, 4.69) is 31.9 Å². The highest BCUT2D eigenvalue weighted by atomic mass is 79.9. The molecule has 0 aromatic rings. The molecular formula is C8H12Br2O2S. The highest BCUT2D eigenvalue weighted by Gasteiger charge is 2.45. The summed E-state index contributed by atoms with van der Waals surface area (Å²) in [6, 6.07) is 0. The number of fused-ring (bicyclic) bond motifs is 1. The lowest BCUT2D eigenvalue weighted by Crippen LogP contribution is -2.36. The monoisotopic (exact) mass is 330 g/mol. The quantitative estimate of drug-likeness (QED) is 0.637. The second-order valence-electron chi connectivity index (χ2n) is 3.96. The van der Waals surface area contributed by atoms with Gasteiger partial charge in [-0.1, -0.05) is 31.9 Å². The molecule has 0 spiro atoms. The topological polar surface area (TPSA) is 34.1 Å². The molecule has 4 atom stereocenters. The molecule has 0 bridgehead atoms. The van der Waals surface area contributed by atoms with Gasteiger partial charge in [-0.3, -0.25) is 0 Å². The summed E-state index contributed by atoms with van der Waals surface area (Å²) in [6.45, 7) is 0. The van der Waals surface area contributed by atoms with Crippen LogP contribution in [0.5, 0.6) is 0 Å². The highest BCUT2D eigenvalue weighted by Crippen LogP contribution is 2.42. The molecule has 0 N–H and O–H groups in total. The summed E-state index contributed by atoms with van der Waals surface area (Å²) < 4.78 is 23.2. The van der Waals surface area contributed by atoms with Gasteiger partial charge in [0.25, 0.3) is 0 Å². The van der Waals surface area contributed by atoms with Crippen molar-refractivity contribution < 1.29 is 8.42 Å². The zero-order valence-corrected chi connectivity index (χ0v) is 11.1. The minimum Gasteiger partial charge on any atom is -0.229 e. The minimum absolute atomic E-state index is 0.0642. The molecule has 0 amide bonds. The Bertz CT molecular complexity index is 301. The summed E-state index contributed by atoms with van der Waals surface area (Å²) >= 11 is 7.12. The number of halogens is 2. The van der Waals surface area contributed by atoms with Gasteiger partial charge in [-0.15, -0.1) is 0 Å². The van der Waals surface area contributed by atoms with E-state index in [1.807, 2.05) is 0 Å². The van der Waals surface area contributed by atoms with Crippen LogP contribution in [0.3, 0.4) is 0 Å². The SMILES string of the molecule is O=S1(=O)CC[C@H]2C[C@H](Br)[C@@H](Br)C[C@@H]21. The van der Waals surface area contributed by atoms with Gasteiger partial charge < -0.3 is 0 Å². The lowest BCUT2D eigenvalue weighted by Gasteiger charge is -2.31. The molecule has 1 saturated carbocycles. The van der Waals surface area contributed by atoms with Gasteiger partial charge in [-0.2, -0.15) is 0 Å². The number of alkyl halides is 2. The van der Waals surface area contributed by atoms with Gasteiger partial charge in [0.1, 0.15) is 0 Å². The number of hydrogen-bond acceptors (Lipinski definition) is 2. The van der Waals surface area contributed by atoms with Crippen molar-refractivity contribution >= 4 is 41.7 Å². The standard InChI is InChI=1S/C8H12Br2O2S/c9-6-3-5-1-2-13(11,12)8(5)4-7(6)10/h5-8H,1-4H2/t5-,6-,7-,8-/m0/s1. The molecule has 1 aliphatic carbocycles. The third-order valence-corrected chi connectivity index (χ3v) is 8.18. The molecule has 0 unspecified atom stereocenters. The summed E-state index contributed by atoms with van der Waals surface area (Å²) in [7, 11) is -2.75. The Morgan fingerprint density at radius 3 is 2.38 bits per heavy atom. The fourth-order valence-corrected chi connectivity index (χ4v) is 6.19. The van der Waals surface area contributed by atoms with Gasteiger partial charge in [-0.05, 0) is 25.2 Å². The second kappa shape index (κ2) is 3.49. The van der Waals surface area contributed by atoms with Crippen molar-refractivity contribution in [2.45, 2.75) is 34.2 Å². The van der Waals surface area contributed by atoms with Crippen molar-refractivity contribution in [3.63, 3.8) is 0 Å². The molecule has 1 heterocycles. The maximum atomic E-state index is 11.6. The first-order chi connectivity index (χ1) is 6.00. The molecule has 1 aliphatic heterocycles. The second-order valence-corrected chi connectivity index (χ2v) is 8.65. The van der Waals surface area contributed by atoms with Crippen LogP contribution < -0.4 is 0 Å². The Morgan fingerprint density at radius 2 is 1.69 bits per heavy atom. The van der Waals surface area contributed by atoms with Gasteiger partial charge in [0.2, 0.25) is 0 Å². The number of hydrogen-bond donors (Lipinski definition) is 0. The molecule has 0 aromatic carbocycles. The summed E-state index contributed by atoms with van der Waals surface area (Å²) in [5.74, 6) is 0.810. The Hall–Kier alpha value is 0.910. The molecule has 76 valence electrons. The molecule has 2 fully saturated rings. The van der Waals surface area contributed by atoms with E-state index in [1.54, 1.807) is 0 Å². The largest absolute Gasteiger partial charge is 0.229 e. The third kappa shape index (κ3) is 1.84. The van der Waals surface area contributed by atoms with Gasteiger partial charge in [0.15, 0.2) is 9.84 Å². The fourth-order valence-electron chi connectivity index (χ4n) is 2.36. The van der Waals surface area contributed by atoms with E-state index in [4.69, 9.17) is 0 Å². The zero-order valence-electron chi connectivity index (χ0n) is 7.12. The molecule has 2 rings (SSSR count). The summed E-state index contributed by atoms with van der Waals surface area (Å²) in [5, 5.41) is -0.0642. The van der Waals surface area contributed by atoms with Crippen molar-refractivity contribution in [1.82, 2.24) is 0 Å². The van der Waals surface area contributed by atoms with Crippen LogP contribution in [-0.4, -0.2) is 29.1 Å². The smallest absolute Gasteiger partial charge is 0.153 e. The minimum atomic E-state index is -2.75. The fraction of sp³-hybridized carbons (Fsp3) is 1.00. The van der Waals surface area contributed by atoms with E-state index in [1.165, 1.54) is 0 Å². The average molecular weight is 332 g/mol. The van der Waals surface area contributed by atoms with Crippen molar-refractivity contribution in [1.29, 1.82) is 0 Å². The van der Waals surface area contributed by atoms with Crippen LogP contribution in [0.2, 0.25) is 0 Å². The van der Waals surface area contributed by atoms with Crippen molar-refractivity contribution in [2.24, 2.45) is 5.92 Å². The zero-order chi connectivity index (χ0) is 9.64. The van der Waals surface area contributed by atoms with E-state index in [0.29, 0.717) is 21.3 Å². The summed E-state index contributed by atoms with van der Waals surface area (Å²) in [6.07, 6.45) is 2.65. The molecule has 0 radical (unpaired) electrons. The van der Waals surface area contributed by atoms with Crippen LogP contribution in [0, 0.1) is 5.92 Å². The first kappa shape index (κ1) is 10.4. The molecule has 1 saturated heterocycles. The third-order valence-electron chi connectivity index (χ3n) is 3.14. The molecule has 2 nitrogen and oxygen atoms in total. The Balaban J connectivity index is 2.21. The van der Waals surface area contributed by atoms with Crippen molar-refractivity contribution in [2.75, 3.05) is 5.75 Å². The average Bonchev–Trinajstić information content (AvgIpc) is 2.31. The van der Waals surface area contributed by atoms with Crippen LogP contribution in [0.25, 0.3) is 0 Å². The van der Waals surface area contributed by atoms with E-state index >= 15 is 0 Å². The Morgan fingerprint density at radius 1 is 1.08 bits per heavy atom. The lowest BCUT2D eigenvalue weighted by atomic mass is 9.87. The maximum Gasteiger partial charge on any atom is 0.153 e. The van der Waals surface area contributed by atoms with E-state index in [-0.39, 0.29) is 5.25 Å². The van der Waals surface area contributed by atoms with Crippen molar-refractivity contribution in [3.8, 4) is 0 Å². The van der Waals surface area contributed by atoms with E-state index in [9.17, 15) is 8.42 Å². The van der Waals surface area contributed by atoms with E-state index < -0.39 is 9.84 Å². The van der Waals surface area contributed by atoms with E-state index in [0.717, 1.165) is 19.3 Å². The molecule has 2 aliphatic rings.